The predicted octanol–water partition coefficient (Wildman–Crippen LogP) is 5.22. The van der Waals surface area contributed by atoms with Gasteiger partial charge in [-0.1, -0.05) is 35.9 Å². The number of ether oxygens (including phenoxy) is 2. The molecule has 0 aromatic heterocycles. The molecule has 0 aliphatic carbocycles. The molecule has 34 heavy (non-hydrogen) atoms. The summed E-state index contributed by atoms with van der Waals surface area (Å²) in [5, 5.41) is 15.4. The van der Waals surface area contributed by atoms with Crippen molar-refractivity contribution in [2.45, 2.75) is 18.4 Å². The van der Waals surface area contributed by atoms with E-state index in [2.05, 4.69) is 25.9 Å². The number of benzene rings is 3. The van der Waals surface area contributed by atoms with Gasteiger partial charge in [0.2, 0.25) is 0 Å². The van der Waals surface area contributed by atoms with Gasteiger partial charge in [-0.25, -0.2) is 4.83 Å². The highest BCUT2D eigenvalue weighted by atomic mass is 79.9. The molecule has 0 bridgehead atoms. The van der Waals surface area contributed by atoms with Gasteiger partial charge in [0.15, 0.2) is 11.5 Å². The van der Waals surface area contributed by atoms with Crippen LogP contribution in [0.5, 0.6) is 11.5 Å². The first-order chi connectivity index (χ1) is 16.1. The first-order valence-electron chi connectivity index (χ1n) is 9.66. The molecule has 0 radical (unpaired) electrons. The minimum atomic E-state index is -4.11. The average molecular weight is 569 g/mol. The fourth-order valence-corrected chi connectivity index (χ4v) is 4.47. The number of sulfonamides is 1. The van der Waals surface area contributed by atoms with E-state index in [-0.39, 0.29) is 17.2 Å². The topological polar surface area (TPSA) is 120 Å². The summed E-state index contributed by atoms with van der Waals surface area (Å²) in [5.74, 6) is 0.826. The number of rotatable bonds is 9. The number of aryl methyl sites for hydroxylation is 1. The molecule has 3 aromatic rings. The summed E-state index contributed by atoms with van der Waals surface area (Å²) in [4.78, 5) is 12.2. The number of hydrogen-bond acceptors (Lipinski definition) is 7. The molecule has 1 N–H and O–H groups in total. The molecule has 0 heterocycles. The largest absolute Gasteiger partial charge is 0.493 e. The maximum Gasteiger partial charge on any atom is 0.276 e. The molecule has 3 rings (SSSR count). The SMILES string of the molecule is COc1cc(/C=N\NS(=O)(=O)c2ccc(C)c([N+](=O)[O-])c2)cc(Br)c1OCc1ccccc1Cl. The quantitative estimate of drug-likeness (QED) is 0.215. The van der Waals surface area contributed by atoms with Crippen molar-refractivity contribution in [2.24, 2.45) is 5.10 Å². The van der Waals surface area contributed by atoms with E-state index in [1.165, 1.54) is 32.4 Å². The lowest BCUT2D eigenvalue weighted by atomic mass is 10.2. The van der Waals surface area contributed by atoms with Gasteiger partial charge in [0.25, 0.3) is 15.7 Å². The summed E-state index contributed by atoms with van der Waals surface area (Å²) in [6.45, 7) is 1.73. The molecule has 0 amide bonds. The Bertz CT molecular complexity index is 1360. The third-order valence-electron chi connectivity index (χ3n) is 4.66. The van der Waals surface area contributed by atoms with E-state index in [9.17, 15) is 18.5 Å². The summed E-state index contributed by atoms with van der Waals surface area (Å²) >= 11 is 9.59. The first kappa shape index (κ1) is 25.5. The highest BCUT2D eigenvalue weighted by Gasteiger charge is 2.19. The molecule has 0 aliphatic rings. The van der Waals surface area contributed by atoms with Crippen molar-refractivity contribution < 1.29 is 22.8 Å². The molecule has 12 heteroatoms. The van der Waals surface area contributed by atoms with Gasteiger partial charge < -0.3 is 9.47 Å². The second kappa shape index (κ2) is 10.9. The zero-order valence-electron chi connectivity index (χ0n) is 18.0. The van der Waals surface area contributed by atoms with Crippen LogP contribution in [0.3, 0.4) is 0 Å². The van der Waals surface area contributed by atoms with Gasteiger partial charge in [-0.15, -0.1) is 0 Å². The molecule has 178 valence electrons. The van der Waals surface area contributed by atoms with E-state index >= 15 is 0 Å². The highest BCUT2D eigenvalue weighted by Crippen LogP contribution is 2.37. The summed E-state index contributed by atoms with van der Waals surface area (Å²) in [7, 11) is -2.64. The Morgan fingerprint density at radius 2 is 1.94 bits per heavy atom. The normalized spacial score (nSPS) is 11.4. The Hall–Kier alpha value is -3.15. The smallest absolute Gasteiger partial charge is 0.276 e. The van der Waals surface area contributed by atoms with E-state index in [1.807, 2.05) is 18.2 Å². The van der Waals surface area contributed by atoms with E-state index < -0.39 is 14.9 Å². The predicted molar refractivity (Wildman–Crippen MR) is 132 cm³/mol. The maximum absolute atomic E-state index is 12.5. The van der Waals surface area contributed by atoms with Crippen molar-refractivity contribution in [3.05, 3.63) is 90.9 Å². The average Bonchev–Trinajstić information content (AvgIpc) is 2.79. The van der Waals surface area contributed by atoms with Crippen LogP contribution in [0.2, 0.25) is 5.02 Å². The zero-order chi connectivity index (χ0) is 24.9. The minimum absolute atomic E-state index is 0.213. The number of methoxy groups -OCH3 is 1. The number of hydrogen-bond donors (Lipinski definition) is 1. The monoisotopic (exact) mass is 567 g/mol. The molecule has 0 saturated heterocycles. The van der Waals surface area contributed by atoms with Crippen molar-refractivity contribution in [1.29, 1.82) is 0 Å². The van der Waals surface area contributed by atoms with Crippen molar-refractivity contribution in [3.63, 3.8) is 0 Å². The molecule has 9 nitrogen and oxygen atoms in total. The Morgan fingerprint density at radius 1 is 1.21 bits per heavy atom. The second-order valence-electron chi connectivity index (χ2n) is 6.97. The van der Waals surface area contributed by atoms with Crippen LogP contribution in [0, 0.1) is 17.0 Å². The van der Waals surface area contributed by atoms with Gasteiger partial charge in [0.1, 0.15) is 6.61 Å². The van der Waals surface area contributed by atoms with Crippen LogP contribution in [0.25, 0.3) is 0 Å². The second-order valence-corrected chi connectivity index (χ2v) is 9.89. The molecule has 3 aromatic carbocycles. The number of nitrogens with one attached hydrogen (secondary N) is 1. The van der Waals surface area contributed by atoms with Gasteiger partial charge >= 0.3 is 0 Å². The number of nitrogens with zero attached hydrogens (tertiary/aromatic N) is 2. The van der Waals surface area contributed by atoms with E-state index in [0.717, 1.165) is 11.6 Å². The standard InChI is InChI=1S/C22H19BrClN3O6S/c1-14-7-8-17(11-20(14)27(28)29)34(30,31)26-25-12-15-9-18(23)22(21(10-15)32-2)33-13-16-5-3-4-6-19(16)24/h3-12,26H,13H2,1-2H3/b25-12-. The Balaban J connectivity index is 1.77. The van der Waals surface area contributed by atoms with Gasteiger partial charge in [-0.3, -0.25) is 10.1 Å². The zero-order valence-corrected chi connectivity index (χ0v) is 21.1. The van der Waals surface area contributed by atoms with Crippen LogP contribution in [-0.2, 0) is 16.6 Å². The van der Waals surface area contributed by atoms with E-state index in [0.29, 0.717) is 32.1 Å². The van der Waals surface area contributed by atoms with Gasteiger partial charge in [-0.2, -0.15) is 13.5 Å². The summed E-state index contributed by atoms with van der Waals surface area (Å²) < 4.78 is 36.8. The molecule has 0 spiro atoms. The first-order valence-corrected chi connectivity index (χ1v) is 12.3. The van der Waals surface area contributed by atoms with Crippen LogP contribution in [0.4, 0.5) is 5.69 Å². The third-order valence-corrected chi connectivity index (χ3v) is 6.83. The number of nitro groups is 1. The molecular formula is C22H19BrClN3O6S. The summed E-state index contributed by atoms with van der Waals surface area (Å²) in [5.41, 5.74) is 1.36. The summed E-state index contributed by atoms with van der Waals surface area (Å²) in [6.07, 6.45) is 1.27. The van der Waals surface area contributed by atoms with Crippen LogP contribution in [0.15, 0.2) is 69.1 Å². The maximum atomic E-state index is 12.5. The van der Waals surface area contributed by atoms with Crippen molar-refractivity contribution in [2.75, 3.05) is 7.11 Å². The third kappa shape index (κ3) is 6.04. The molecule has 0 fully saturated rings. The number of halogens is 2. The lowest BCUT2D eigenvalue weighted by Gasteiger charge is -2.14. The molecule has 0 atom stereocenters. The van der Waals surface area contributed by atoms with Crippen LogP contribution < -0.4 is 14.3 Å². The van der Waals surface area contributed by atoms with E-state index in [1.54, 1.807) is 18.2 Å². The van der Waals surface area contributed by atoms with Crippen LogP contribution >= 0.6 is 27.5 Å². The molecular weight excluding hydrogens is 550 g/mol. The van der Waals surface area contributed by atoms with Crippen molar-refractivity contribution >= 4 is 49.5 Å². The fraction of sp³-hybridized carbons (Fsp3) is 0.136. The number of nitro benzene ring substituents is 1. The lowest BCUT2D eigenvalue weighted by Crippen LogP contribution is -2.18. The molecule has 0 aliphatic heterocycles. The van der Waals surface area contributed by atoms with Gasteiger partial charge in [-0.05, 0) is 52.7 Å². The Kier molecular flexibility index (Phi) is 8.13. The fourth-order valence-electron chi connectivity index (χ4n) is 2.90. The number of hydrazone groups is 1. The lowest BCUT2D eigenvalue weighted by molar-refractivity contribution is -0.385. The van der Waals surface area contributed by atoms with Crippen LogP contribution in [-0.4, -0.2) is 26.7 Å². The minimum Gasteiger partial charge on any atom is -0.493 e. The highest BCUT2D eigenvalue weighted by molar-refractivity contribution is 9.10. The molecule has 0 saturated carbocycles. The summed E-state index contributed by atoms with van der Waals surface area (Å²) in [6, 6.07) is 14.2. The van der Waals surface area contributed by atoms with Crippen LogP contribution in [0.1, 0.15) is 16.7 Å². The Morgan fingerprint density at radius 3 is 2.62 bits per heavy atom. The molecule has 0 unspecified atom stereocenters. The van der Waals surface area contributed by atoms with Crippen molar-refractivity contribution in [1.82, 2.24) is 4.83 Å². The van der Waals surface area contributed by atoms with Gasteiger partial charge in [0.05, 0.1) is 27.6 Å². The van der Waals surface area contributed by atoms with Crippen molar-refractivity contribution in [3.8, 4) is 11.5 Å². The van der Waals surface area contributed by atoms with Gasteiger partial charge in [0, 0.05) is 22.2 Å². The Labute approximate surface area is 209 Å². The van der Waals surface area contributed by atoms with E-state index in [4.69, 9.17) is 21.1 Å².